The molecule has 1 heterocycles. The number of pyridine rings is 1. The van der Waals surface area contributed by atoms with Gasteiger partial charge in [0.15, 0.2) is 0 Å². The average Bonchev–Trinajstić information content (AvgIpc) is 2.62. The molecular formula is C19H33NO3. The van der Waals surface area contributed by atoms with Gasteiger partial charge in [-0.2, -0.15) is 0 Å². The van der Waals surface area contributed by atoms with E-state index in [1.807, 2.05) is 55.4 Å². The summed E-state index contributed by atoms with van der Waals surface area (Å²) in [5, 5.41) is 9.59. The molecular weight excluding hydrogens is 290 g/mol. The van der Waals surface area contributed by atoms with Crippen molar-refractivity contribution in [1.82, 2.24) is 4.98 Å². The van der Waals surface area contributed by atoms with Gasteiger partial charge in [0.05, 0.1) is 5.56 Å². The van der Waals surface area contributed by atoms with E-state index in [0.29, 0.717) is 10.9 Å². The van der Waals surface area contributed by atoms with Gasteiger partial charge in [-0.25, -0.2) is 4.79 Å². The lowest BCUT2D eigenvalue weighted by atomic mass is 10.0. The van der Waals surface area contributed by atoms with E-state index in [2.05, 4.69) is 4.98 Å². The minimum absolute atomic E-state index is 0.0781. The lowest BCUT2D eigenvalue weighted by Crippen LogP contribution is -2.15. The zero-order valence-corrected chi connectivity index (χ0v) is 16.1. The number of aromatic carboxylic acids is 1. The van der Waals surface area contributed by atoms with Gasteiger partial charge in [-0.1, -0.05) is 73.6 Å². The van der Waals surface area contributed by atoms with Gasteiger partial charge in [0, 0.05) is 16.5 Å². The molecule has 2 rings (SSSR count). The quantitative estimate of drug-likeness (QED) is 0.713. The van der Waals surface area contributed by atoms with E-state index in [0.717, 1.165) is 0 Å². The van der Waals surface area contributed by atoms with Crippen molar-refractivity contribution in [1.29, 1.82) is 0 Å². The zero-order valence-electron chi connectivity index (χ0n) is 16.1. The highest BCUT2D eigenvalue weighted by atomic mass is 16.4. The minimum Gasteiger partial charge on any atom is -0.478 e. The maximum absolute atomic E-state index is 11.4. The average molecular weight is 323 g/mol. The molecule has 0 fully saturated rings. The van der Waals surface area contributed by atoms with Gasteiger partial charge >= 0.3 is 5.97 Å². The molecule has 0 radical (unpaired) electrons. The Labute approximate surface area is 140 Å². The van der Waals surface area contributed by atoms with Crippen molar-refractivity contribution in [3.63, 3.8) is 0 Å². The van der Waals surface area contributed by atoms with Gasteiger partial charge in [-0.3, -0.25) is 4.79 Å². The Morgan fingerprint density at radius 1 is 0.913 bits per heavy atom. The highest BCUT2D eigenvalue weighted by Crippen LogP contribution is 2.17. The standard InChI is InChI=1S/C11H9NO3.4C2H6/c1-6-9(11(14)15)7-4-2-3-5-8(7)12-10(6)13;4*1-2/h2-5H,1H3,(H,12,13)(H,14,15);4*1-2H3. The predicted molar refractivity (Wildman–Crippen MR) is 102 cm³/mol. The normalized spacial score (nSPS) is 7.87. The van der Waals surface area contributed by atoms with Crippen LogP contribution in [0.4, 0.5) is 0 Å². The Morgan fingerprint density at radius 2 is 1.35 bits per heavy atom. The molecule has 0 atom stereocenters. The first-order valence-electron chi connectivity index (χ1n) is 8.46. The summed E-state index contributed by atoms with van der Waals surface area (Å²) in [4.78, 5) is 25.1. The fourth-order valence-electron chi connectivity index (χ4n) is 1.62. The fraction of sp³-hybridized carbons (Fsp3) is 0.474. The molecule has 132 valence electrons. The third kappa shape index (κ3) is 7.63. The molecule has 0 unspecified atom stereocenters. The first-order valence-corrected chi connectivity index (χ1v) is 8.46. The number of hydrogen-bond acceptors (Lipinski definition) is 2. The van der Waals surface area contributed by atoms with E-state index in [1.165, 1.54) is 6.92 Å². The highest BCUT2D eigenvalue weighted by molar-refractivity contribution is 6.03. The maximum atomic E-state index is 11.4. The summed E-state index contributed by atoms with van der Waals surface area (Å²) in [5.41, 5.74) is 0.507. The second-order valence-electron chi connectivity index (χ2n) is 3.30. The van der Waals surface area contributed by atoms with E-state index in [-0.39, 0.29) is 16.7 Å². The van der Waals surface area contributed by atoms with E-state index >= 15 is 0 Å². The van der Waals surface area contributed by atoms with Crippen molar-refractivity contribution in [2.45, 2.75) is 62.3 Å². The minimum atomic E-state index is -1.07. The van der Waals surface area contributed by atoms with E-state index in [1.54, 1.807) is 24.3 Å². The lowest BCUT2D eigenvalue weighted by molar-refractivity contribution is 0.0698. The number of nitrogens with one attached hydrogen (secondary N) is 1. The number of carboxylic acids is 1. The molecule has 0 amide bonds. The number of benzene rings is 1. The number of carboxylic acid groups (broad SMARTS) is 1. The van der Waals surface area contributed by atoms with Gasteiger partial charge in [0.2, 0.25) is 0 Å². The molecule has 1 aromatic heterocycles. The topological polar surface area (TPSA) is 70.2 Å². The summed E-state index contributed by atoms with van der Waals surface area (Å²) < 4.78 is 0. The van der Waals surface area contributed by atoms with Crippen LogP contribution in [0.5, 0.6) is 0 Å². The molecule has 4 nitrogen and oxygen atoms in total. The number of fused-ring (bicyclic) bond motifs is 1. The van der Waals surface area contributed by atoms with Crippen molar-refractivity contribution < 1.29 is 9.90 Å². The highest BCUT2D eigenvalue weighted by Gasteiger charge is 2.14. The van der Waals surface area contributed by atoms with Crippen LogP contribution < -0.4 is 5.56 Å². The van der Waals surface area contributed by atoms with Crippen molar-refractivity contribution >= 4 is 16.9 Å². The molecule has 2 aromatic rings. The second-order valence-corrected chi connectivity index (χ2v) is 3.30. The molecule has 0 saturated carbocycles. The molecule has 23 heavy (non-hydrogen) atoms. The summed E-state index contributed by atoms with van der Waals surface area (Å²) in [6.45, 7) is 17.5. The summed E-state index contributed by atoms with van der Waals surface area (Å²) in [5.74, 6) is -1.07. The molecule has 0 saturated heterocycles. The van der Waals surface area contributed by atoms with Crippen molar-refractivity contribution in [2.24, 2.45) is 0 Å². The number of rotatable bonds is 1. The van der Waals surface area contributed by atoms with Gasteiger partial charge < -0.3 is 10.1 Å². The molecule has 0 bridgehead atoms. The van der Waals surface area contributed by atoms with Crippen LogP contribution in [0, 0.1) is 6.92 Å². The van der Waals surface area contributed by atoms with Crippen LogP contribution in [0.2, 0.25) is 0 Å². The Balaban J connectivity index is -0.000000438. The fourth-order valence-corrected chi connectivity index (χ4v) is 1.62. The Hall–Kier alpha value is -2.10. The van der Waals surface area contributed by atoms with Crippen LogP contribution >= 0.6 is 0 Å². The Bertz CT molecular complexity index is 601. The molecule has 0 spiro atoms. The van der Waals surface area contributed by atoms with Crippen LogP contribution in [0.1, 0.15) is 71.3 Å². The zero-order chi connectivity index (χ0) is 19.0. The number of aromatic amines is 1. The van der Waals surface area contributed by atoms with Gasteiger partial charge in [0.1, 0.15) is 0 Å². The van der Waals surface area contributed by atoms with Crippen LogP contribution in [0.15, 0.2) is 29.1 Å². The van der Waals surface area contributed by atoms with Gasteiger partial charge in [-0.05, 0) is 13.0 Å². The van der Waals surface area contributed by atoms with Crippen molar-refractivity contribution in [3.8, 4) is 0 Å². The van der Waals surface area contributed by atoms with Gasteiger partial charge in [0.25, 0.3) is 5.56 Å². The van der Waals surface area contributed by atoms with Crippen molar-refractivity contribution in [3.05, 3.63) is 45.7 Å². The van der Waals surface area contributed by atoms with Crippen molar-refractivity contribution in [2.75, 3.05) is 0 Å². The second kappa shape index (κ2) is 16.3. The maximum Gasteiger partial charge on any atom is 0.336 e. The van der Waals surface area contributed by atoms with E-state index in [9.17, 15) is 9.59 Å². The number of H-pyrrole nitrogens is 1. The Kier molecular flexibility index (Phi) is 18.3. The first kappa shape index (κ1) is 25.8. The lowest BCUT2D eigenvalue weighted by Gasteiger charge is -2.04. The number of aromatic nitrogens is 1. The SMILES string of the molecule is CC.CC.CC.CC.Cc1c(C(=O)O)c2ccccc2[nH]c1=O. The summed E-state index contributed by atoms with van der Waals surface area (Å²) in [7, 11) is 0. The van der Waals surface area contributed by atoms with E-state index < -0.39 is 5.97 Å². The number of hydrogen-bond donors (Lipinski definition) is 2. The summed E-state index contributed by atoms with van der Waals surface area (Å²) in [6.07, 6.45) is 0. The molecule has 0 aliphatic rings. The smallest absolute Gasteiger partial charge is 0.336 e. The number of carbonyl (C=O) groups is 1. The summed E-state index contributed by atoms with van der Waals surface area (Å²) in [6, 6.07) is 6.86. The largest absolute Gasteiger partial charge is 0.478 e. The molecule has 0 aliphatic carbocycles. The monoisotopic (exact) mass is 323 g/mol. The van der Waals surface area contributed by atoms with Crippen LogP contribution in [0.25, 0.3) is 10.9 Å². The molecule has 0 aliphatic heterocycles. The van der Waals surface area contributed by atoms with Crippen LogP contribution in [0.3, 0.4) is 0 Å². The third-order valence-electron chi connectivity index (χ3n) is 2.37. The Morgan fingerprint density at radius 3 is 1.78 bits per heavy atom. The molecule has 2 N–H and O–H groups in total. The molecule has 1 aromatic carbocycles. The predicted octanol–water partition coefficient (Wildman–Crippen LogP) is 5.64. The van der Waals surface area contributed by atoms with Gasteiger partial charge in [-0.15, -0.1) is 0 Å². The first-order chi connectivity index (χ1) is 11.1. The summed E-state index contributed by atoms with van der Waals surface area (Å²) >= 11 is 0. The molecule has 4 heteroatoms. The van der Waals surface area contributed by atoms with Crippen LogP contribution in [-0.2, 0) is 0 Å². The number of para-hydroxylation sites is 1. The van der Waals surface area contributed by atoms with E-state index in [4.69, 9.17) is 5.11 Å². The third-order valence-corrected chi connectivity index (χ3v) is 2.37. The van der Waals surface area contributed by atoms with Crippen LogP contribution in [-0.4, -0.2) is 16.1 Å².